The molecule has 0 spiro atoms. The number of hydrogen-bond acceptors (Lipinski definition) is 6. The third kappa shape index (κ3) is 5.09. The number of nitrogens with one attached hydrogen (secondary N) is 2. The number of fused-ring (bicyclic) bond motifs is 1. The Morgan fingerprint density at radius 2 is 1.71 bits per heavy atom. The summed E-state index contributed by atoms with van der Waals surface area (Å²) >= 11 is 1.55. The second kappa shape index (κ2) is 10.4. The minimum atomic E-state index is -0.480. The number of halogens is 1. The summed E-state index contributed by atoms with van der Waals surface area (Å²) in [7, 11) is 0. The molecule has 2 aromatic heterocycles. The Morgan fingerprint density at radius 3 is 2.55 bits per heavy atom. The summed E-state index contributed by atoms with van der Waals surface area (Å²) in [6, 6.07) is 30.2. The van der Waals surface area contributed by atoms with Gasteiger partial charge >= 0.3 is 5.76 Å². The fourth-order valence-corrected chi connectivity index (χ4v) is 5.12. The van der Waals surface area contributed by atoms with E-state index in [1.807, 2.05) is 52.6 Å². The molecule has 6 aromatic rings. The van der Waals surface area contributed by atoms with Crippen molar-refractivity contribution < 1.29 is 8.81 Å². The predicted molar refractivity (Wildman–Crippen MR) is 148 cm³/mol. The molecule has 0 bridgehead atoms. The van der Waals surface area contributed by atoms with Crippen LogP contribution < -0.4 is 11.1 Å². The first-order valence-corrected chi connectivity index (χ1v) is 12.9. The highest BCUT2D eigenvalue weighted by Gasteiger charge is 2.16. The molecule has 38 heavy (non-hydrogen) atoms. The molecule has 0 aliphatic carbocycles. The molecule has 188 valence electrons. The van der Waals surface area contributed by atoms with Gasteiger partial charge in [-0.05, 0) is 52.9 Å². The number of hydrogen-bond donors (Lipinski definition) is 2. The van der Waals surface area contributed by atoms with Crippen LogP contribution in [0.4, 0.5) is 10.1 Å². The van der Waals surface area contributed by atoms with Crippen LogP contribution in [-0.4, -0.2) is 19.4 Å². The zero-order valence-electron chi connectivity index (χ0n) is 20.1. The molecule has 0 fully saturated rings. The van der Waals surface area contributed by atoms with Crippen LogP contribution >= 0.6 is 11.9 Å². The van der Waals surface area contributed by atoms with Crippen LogP contribution in [0.2, 0.25) is 0 Å². The number of aromatic nitrogens is 4. The topological polar surface area (TPSA) is 88.7 Å². The van der Waals surface area contributed by atoms with Crippen molar-refractivity contribution >= 4 is 28.7 Å². The Morgan fingerprint density at radius 1 is 0.895 bits per heavy atom. The van der Waals surface area contributed by atoms with Gasteiger partial charge in [0, 0.05) is 23.1 Å². The maximum absolute atomic E-state index is 13.3. The molecule has 0 unspecified atom stereocenters. The fourth-order valence-electron chi connectivity index (χ4n) is 4.24. The number of benzene rings is 4. The van der Waals surface area contributed by atoms with Gasteiger partial charge in [0.25, 0.3) is 0 Å². The van der Waals surface area contributed by atoms with E-state index in [0.717, 1.165) is 39.3 Å². The Labute approximate surface area is 221 Å². The predicted octanol–water partition coefficient (Wildman–Crippen LogP) is 6.49. The zero-order valence-corrected chi connectivity index (χ0v) is 20.9. The van der Waals surface area contributed by atoms with Crippen LogP contribution in [0.5, 0.6) is 0 Å². The van der Waals surface area contributed by atoms with E-state index < -0.39 is 5.76 Å². The van der Waals surface area contributed by atoms with E-state index in [0.29, 0.717) is 23.4 Å². The van der Waals surface area contributed by atoms with Crippen molar-refractivity contribution in [3.05, 3.63) is 125 Å². The van der Waals surface area contributed by atoms with Crippen LogP contribution in [-0.2, 0) is 12.3 Å². The largest absolute Gasteiger partial charge is 0.417 e. The maximum Gasteiger partial charge on any atom is 0.417 e. The van der Waals surface area contributed by atoms with Crippen molar-refractivity contribution in [1.82, 2.24) is 19.4 Å². The summed E-state index contributed by atoms with van der Waals surface area (Å²) in [4.78, 5) is 14.1. The first kappa shape index (κ1) is 23.7. The summed E-state index contributed by atoms with van der Waals surface area (Å²) in [6.07, 6.45) is 0. The Kier molecular flexibility index (Phi) is 6.49. The minimum Gasteiger partial charge on any atom is -0.408 e. The summed E-state index contributed by atoms with van der Waals surface area (Å²) in [5.74, 6) is -0.0532. The third-order valence-electron chi connectivity index (χ3n) is 6.10. The average Bonchev–Trinajstić information content (AvgIpc) is 3.53. The molecule has 2 N–H and O–H groups in total. The van der Waals surface area contributed by atoms with E-state index in [-0.39, 0.29) is 5.82 Å². The molecule has 7 nitrogen and oxygen atoms in total. The standard InChI is InChI=1S/C29H22FN5O2S/c30-23-11-9-20(10-12-23)22-8-4-5-19(15-22)18-38-35-28(21-6-2-1-3-7-21)26(33-34-35)17-31-24-13-14-25-27(16-24)37-29(36)32-25/h1-16,31H,17-18H2,(H,32,36). The van der Waals surface area contributed by atoms with Gasteiger partial charge in [-0.3, -0.25) is 4.98 Å². The highest BCUT2D eigenvalue weighted by molar-refractivity contribution is 7.97. The van der Waals surface area contributed by atoms with Crippen molar-refractivity contribution in [2.45, 2.75) is 12.3 Å². The van der Waals surface area contributed by atoms with E-state index in [1.54, 1.807) is 36.2 Å². The molecule has 0 saturated heterocycles. The highest BCUT2D eigenvalue weighted by Crippen LogP contribution is 2.29. The van der Waals surface area contributed by atoms with Gasteiger partial charge in [-0.25, -0.2) is 9.18 Å². The van der Waals surface area contributed by atoms with E-state index in [1.165, 1.54) is 12.1 Å². The van der Waals surface area contributed by atoms with Crippen LogP contribution in [0.3, 0.4) is 0 Å². The third-order valence-corrected chi connectivity index (χ3v) is 7.06. The Balaban J connectivity index is 1.23. The summed E-state index contributed by atoms with van der Waals surface area (Å²) in [5.41, 5.74) is 7.77. The molecule has 6 rings (SSSR count). The molecule has 2 heterocycles. The monoisotopic (exact) mass is 523 g/mol. The zero-order chi connectivity index (χ0) is 25.9. The molecule has 0 radical (unpaired) electrons. The number of aromatic amines is 1. The number of nitrogens with zero attached hydrogens (tertiary/aromatic N) is 3. The van der Waals surface area contributed by atoms with Crippen molar-refractivity contribution in [3.8, 4) is 22.4 Å². The summed E-state index contributed by atoms with van der Waals surface area (Å²) in [5, 5.41) is 12.3. The molecule has 9 heteroatoms. The molecule has 4 aromatic carbocycles. The SMILES string of the molecule is O=c1[nH]c2ccc(NCc3nnn(SCc4cccc(-c5ccc(F)cc5)c4)c3-c3ccccc3)cc2o1. The normalized spacial score (nSPS) is 11.2. The van der Waals surface area contributed by atoms with Gasteiger partial charge in [0.2, 0.25) is 0 Å². The molecule has 0 saturated carbocycles. The second-order valence-corrected chi connectivity index (χ2v) is 9.58. The van der Waals surface area contributed by atoms with Crippen LogP contribution in [0.15, 0.2) is 106 Å². The van der Waals surface area contributed by atoms with Crippen molar-refractivity contribution in [1.29, 1.82) is 0 Å². The summed E-state index contributed by atoms with van der Waals surface area (Å²) in [6.45, 7) is 0.436. The van der Waals surface area contributed by atoms with E-state index in [9.17, 15) is 9.18 Å². The van der Waals surface area contributed by atoms with Crippen molar-refractivity contribution in [2.24, 2.45) is 0 Å². The lowest BCUT2D eigenvalue weighted by Crippen LogP contribution is -2.02. The van der Waals surface area contributed by atoms with Gasteiger partial charge in [0.15, 0.2) is 5.58 Å². The van der Waals surface area contributed by atoms with Gasteiger partial charge in [-0.2, -0.15) is 4.09 Å². The lowest BCUT2D eigenvalue weighted by Gasteiger charge is -2.10. The second-order valence-electron chi connectivity index (χ2n) is 8.68. The van der Waals surface area contributed by atoms with E-state index in [2.05, 4.69) is 32.7 Å². The van der Waals surface area contributed by atoms with E-state index >= 15 is 0 Å². The lowest BCUT2D eigenvalue weighted by molar-refractivity contribution is 0.555. The Hall–Kier alpha value is -4.63. The van der Waals surface area contributed by atoms with Crippen LogP contribution in [0.25, 0.3) is 33.5 Å². The first-order valence-electron chi connectivity index (χ1n) is 12.0. The van der Waals surface area contributed by atoms with Crippen LogP contribution in [0.1, 0.15) is 11.3 Å². The van der Waals surface area contributed by atoms with Gasteiger partial charge in [-0.1, -0.05) is 71.9 Å². The lowest BCUT2D eigenvalue weighted by atomic mass is 10.0. The number of oxazole rings is 1. The smallest absolute Gasteiger partial charge is 0.408 e. The average molecular weight is 524 g/mol. The first-order chi connectivity index (χ1) is 18.6. The van der Waals surface area contributed by atoms with Crippen molar-refractivity contribution in [2.75, 3.05) is 5.32 Å². The molecule has 0 aliphatic heterocycles. The number of anilines is 1. The molecule has 0 amide bonds. The van der Waals surface area contributed by atoms with E-state index in [4.69, 9.17) is 4.42 Å². The Bertz CT molecular complexity index is 1760. The molecule has 0 aliphatic rings. The summed E-state index contributed by atoms with van der Waals surface area (Å²) < 4.78 is 20.4. The van der Waals surface area contributed by atoms with Crippen molar-refractivity contribution in [3.63, 3.8) is 0 Å². The number of H-pyrrole nitrogens is 1. The van der Waals surface area contributed by atoms with Gasteiger partial charge in [0.1, 0.15) is 17.2 Å². The molecule has 0 atom stereocenters. The number of rotatable bonds is 8. The van der Waals surface area contributed by atoms with Gasteiger partial charge < -0.3 is 9.73 Å². The van der Waals surface area contributed by atoms with Gasteiger partial charge in [-0.15, -0.1) is 5.10 Å². The van der Waals surface area contributed by atoms with Crippen LogP contribution in [0, 0.1) is 5.82 Å². The highest BCUT2D eigenvalue weighted by atomic mass is 32.2. The van der Waals surface area contributed by atoms with Gasteiger partial charge in [0.05, 0.1) is 12.1 Å². The molecular weight excluding hydrogens is 501 g/mol. The minimum absolute atomic E-state index is 0.248. The molecular formula is C29H22FN5O2S. The quantitative estimate of drug-likeness (QED) is 0.237. The maximum atomic E-state index is 13.3. The fraction of sp³-hybridized carbons (Fsp3) is 0.0690.